The normalized spacial score (nSPS) is 16.4. The molecule has 2 aromatic carbocycles. The summed E-state index contributed by atoms with van der Waals surface area (Å²) < 4.78 is 37.4. The summed E-state index contributed by atoms with van der Waals surface area (Å²) in [5, 5.41) is 0.580. The number of para-hydroxylation sites is 1. The largest absolute Gasteiger partial charge is 0.497 e. The van der Waals surface area contributed by atoms with Crippen molar-refractivity contribution in [2.24, 2.45) is 0 Å². The SMILES string of the molecule is COc1ccc(S(=O)(=O)CCC(=O)N(CC2CCCO2)c2nc3c(C)cccc3s2)cc1. The summed E-state index contributed by atoms with van der Waals surface area (Å²) in [5.41, 5.74) is 1.90. The van der Waals surface area contributed by atoms with Crippen molar-refractivity contribution in [2.45, 2.75) is 37.2 Å². The van der Waals surface area contributed by atoms with Gasteiger partial charge in [-0.25, -0.2) is 13.4 Å². The van der Waals surface area contributed by atoms with Crippen molar-refractivity contribution in [1.29, 1.82) is 0 Å². The number of fused-ring (bicyclic) bond motifs is 1. The monoisotopic (exact) mass is 474 g/mol. The van der Waals surface area contributed by atoms with Crippen LogP contribution in [-0.2, 0) is 19.4 Å². The number of hydrogen-bond donors (Lipinski definition) is 0. The van der Waals surface area contributed by atoms with E-state index in [9.17, 15) is 13.2 Å². The number of rotatable bonds is 8. The van der Waals surface area contributed by atoms with Crippen molar-refractivity contribution in [3.05, 3.63) is 48.0 Å². The highest BCUT2D eigenvalue weighted by Crippen LogP contribution is 2.32. The maximum atomic E-state index is 13.2. The number of methoxy groups -OCH3 is 1. The quantitative estimate of drug-likeness (QED) is 0.491. The highest BCUT2D eigenvalue weighted by Gasteiger charge is 2.27. The molecule has 4 rings (SSSR count). The van der Waals surface area contributed by atoms with Crippen molar-refractivity contribution in [3.8, 4) is 5.75 Å². The molecule has 1 aliphatic heterocycles. The van der Waals surface area contributed by atoms with Crippen molar-refractivity contribution >= 4 is 42.4 Å². The molecule has 2 heterocycles. The van der Waals surface area contributed by atoms with Crippen LogP contribution in [0.4, 0.5) is 5.13 Å². The fraction of sp³-hybridized carbons (Fsp3) is 0.391. The van der Waals surface area contributed by atoms with Gasteiger partial charge in [0.1, 0.15) is 5.75 Å². The van der Waals surface area contributed by atoms with E-state index in [1.807, 2.05) is 25.1 Å². The van der Waals surface area contributed by atoms with E-state index in [0.717, 1.165) is 28.6 Å². The summed E-state index contributed by atoms with van der Waals surface area (Å²) in [6, 6.07) is 12.1. The van der Waals surface area contributed by atoms with Gasteiger partial charge in [0.15, 0.2) is 15.0 Å². The summed E-state index contributed by atoms with van der Waals surface area (Å²) in [7, 11) is -2.08. The van der Waals surface area contributed by atoms with Gasteiger partial charge in [-0.2, -0.15) is 0 Å². The van der Waals surface area contributed by atoms with E-state index in [1.54, 1.807) is 17.0 Å². The topological polar surface area (TPSA) is 85.8 Å². The molecule has 170 valence electrons. The Morgan fingerprint density at radius 3 is 2.69 bits per heavy atom. The Labute approximate surface area is 191 Å². The number of aromatic nitrogens is 1. The van der Waals surface area contributed by atoms with Gasteiger partial charge in [-0.05, 0) is 55.7 Å². The maximum absolute atomic E-state index is 13.2. The van der Waals surface area contributed by atoms with Gasteiger partial charge in [0.25, 0.3) is 0 Å². The predicted molar refractivity (Wildman–Crippen MR) is 125 cm³/mol. The summed E-state index contributed by atoms with van der Waals surface area (Å²) in [4.78, 5) is 19.7. The summed E-state index contributed by atoms with van der Waals surface area (Å²) in [6.45, 7) is 3.04. The molecule has 0 N–H and O–H groups in total. The van der Waals surface area contributed by atoms with E-state index >= 15 is 0 Å². The molecule has 1 saturated heterocycles. The Morgan fingerprint density at radius 2 is 2.03 bits per heavy atom. The van der Waals surface area contributed by atoms with E-state index in [-0.39, 0.29) is 29.1 Å². The molecule has 0 spiro atoms. The van der Waals surface area contributed by atoms with Gasteiger partial charge >= 0.3 is 0 Å². The minimum Gasteiger partial charge on any atom is -0.497 e. The number of amides is 1. The number of sulfone groups is 1. The van der Waals surface area contributed by atoms with Gasteiger partial charge in [-0.15, -0.1) is 0 Å². The third-order valence-corrected chi connectivity index (χ3v) is 8.33. The Kier molecular flexibility index (Phi) is 6.78. The van der Waals surface area contributed by atoms with E-state index in [2.05, 4.69) is 0 Å². The summed E-state index contributed by atoms with van der Waals surface area (Å²) in [5.74, 6) is 0.0348. The van der Waals surface area contributed by atoms with Crippen LogP contribution in [0.2, 0.25) is 0 Å². The third kappa shape index (κ3) is 4.95. The first-order valence-electron chi connectivity index (χ1n) is 10.5. The molecular formula is C23H26N2O5S2. The van der Waals surface area contributed by atoms with Crippen LogP contribution in [0.3, 0.4) is 0 Å². The molecule has 1 amide bonds. The van der Waals surface area contributed by atoms with Crippen LogP contribution in [0.25, 0.3) is 10.2 Å². The number of hydrogen-bond acceptors (Lipinski definition) is 7. The van der Waals surface area contributed by atoms with Crippen molar-refractivity contribution < 1.29 is 22.7 Å². The summed E-state index contributed by atoms with van der Waals surface area (Å²) >= 11 is 1.44. The van der Waals surface area contributed by atoms with Crippen molar-refractivity contribution in [3.63, 3.8) is 0 Å². The molecule has 1 atom stereocenters. The van der Waals surface area contributed by atoms with Crippen molar-refractivity contribution in [1.82, 2.24) is 4.98 Å². The lowest BCUT2D eigenvalue weighted by Crippen LogP contribution is -2.38. The fourth-order valence-corrected chi connectivity index (χ4v) is 6.03. The van der Waals surface area contributed by atoms with E-state index < -0.39 is 9.84 Å². The molecule has 0 bridgehead atoms. The van der Waals surface area contributed by atoms with Crippen LogP contribution in [0.15, 0.2) is 47.4 Å². The molecule has 1 aliphatic rings. The average Bonchev–Trinajstić information content (AvgIpc) is 3.46. The first-order chi connectivity index (χ1) is 15.4. The molecule has 32 heavy (non-hydrogen) atoms. The molecule has 0 radical (unpaired) electrons. The minimum atomic E-state index is -3.61. The van der Waals surface area contributed by atoms with Gasteiger partial charge in [0.2, 0.25) is 5.91 Å². The van der Waals surface area contributed by atoms with Gasteiger partial charge in [-0.1, -0.05) is 23.5 Å². The third-order valence-electron chi connectivity index (χ3n) is 5.55. The second-order valence-corrected chi connectivity index (χ2v) is 10.9. The molecule has 1 unspecified atom stereocenters. The van der Waals surface area contributed by atoms with Crippen molar-refractivity contribution in [2.75, 3.05) is 30.9 Å². The zero-order chi connectivity index (χ0) is 22.7. The highest BCUT2D eigenvalue weighted by atomic mass is 32.2. The second kappa shape index (κ2) is 9.56. The molecule has 3 aromatic rings. The molecule has 7 nitrogen and oxygen atoms in total. The van der Waals surface area contributed by atoms with Crippen LogP contribution < -0.4 is 9.64 Å². The number of thiazole rings is 1. The average molecular weight is 475 g/mol. The zero-order valence-electron chi connectivity index (χ0n) is 18.1. The standard InChI is InChI=1S/C23H26N2O5S2/c1-16-5-3-7-20-22(16)24-23(31-20)25(15-18-6-4-13-30-18)21(26)12-14-32(27,28)19-10-8-17(29-2)9-11-19/h3,5,7-11,18H,4,6,12-15H2,1-2H3. The predicted octanol–water partition coefficient (Wildman–Crippen LogP) is 3.99. The number of anilines is 1. The lowest BCUT2D eigenvalue weighted by molar-refractivity contribution is -0.118. The van der Waals surface area contributed by atoms with Gasteiger partial charge in [0.05, 0.1) is 40.6 Å². The number of carbonyl (C=O) groups excluding carboxylic acids is 1. The number of benzene rings is 2. The molecular weight excluding hydrogens is 448 g/mol. The van der Waals surface area contributed by atoms with Crippen LogP contribution in [-0.4, -0.2) is 51.4 Å². The molecule has 0 aliphatic carbocycles. The second-order valence-electron chi connectivity index (χ2n) is 7.80. The van der Waals surface area contributed by atoms with E-state index in [1.165, 1.54) is 30.6 Å². The van der Waals surface area contributed by atoms with E-state index in [0.29, 0.717) is 24.0 Å². The fourth-order valence-electron chi connectivity index (χ4n) is 3.73. The highest BCUT2D eigenvalue weighted by molar-refractivity contribution is 7.91. The molecule has 0 saturated carbocycles. The van der Waals surface area contributed by atoms with Crippen LogP contribution >= 0.6 is 11.3 Å². The summed E-state index contributed by atoms with van der Waals surface area (Å²) in [6.07, 6.45) is 1.64. The Balaban J connectivity index is 1.54. The number of aryl methyl sites for hydroxylation is 1. The van der Waals surface area contributed by atoms with E-state index in [4.69, 9.17) is 14.5 Å². The lowest BCUT2D eigenvalue weighted by atomic mass is 10.2. The zero-order valence-corrected chi connectivity index (χ0v) is 19.7. The van der Waals surface area contributed by atoms with Gasteiger partial charge in [-0.3, -0.25) is 9.69 Å². The number of ether oxygens (including phenoxy) is 2. The Bertz CT molecular complexity index is 1200. The minimum absolute atomic E-state index is 0.0646. The Morgan fingerprint density at radius 1 is 1.25 bits per heavy atom. The first kappa shape index (κ1) is 22.7. The number of nitrogens with zero attached hydrogens (tertiary/aromatic N) is 2. The molecule has 9 heteroatoms. The van der Waals surface area contributed by atoms with Gasteiger partial charge < -0.3 is 9.47 Å². The lowest BCUT2D eigenvalue weighted by Gasteiger charge is -2.23. The molecule has 1 fully saturated rings. The molecule has 1 aromatic heterocycles. The first-order valence-corrected chi connectivity index (χ1v) is 13.0. The van der Waals surface area contributed by atoms with Crippen LogP contribution in [0, 0.1) is 6.92 Å². The Hall–Kier alpha value is -2.49. The maximum Gasteiger partial charge on any atom is 0.229 e. The number of carbonyl (C=O) groups is 1. The van der Waals surface area contributed by atoms with Crippen LogP contribution in [0.1, 0.15) is 24.8 Å². The smallest absolute Gasteiger partial charge is 0.229 e. The van der Waals surface area contributed by atoms with Crippen LogP contribution in [0.5, 0.6) is 5.75 Å². The van der Waals surface area contributed by atoms with Gasteiger partial charge in [0, 0.05) is 13.0 Å².